The highest BCUT2D eigenvalue weighted by molar-refractivity contribution is 6.27. The van der Waals surface area contributed by atoms with Gasteiger partial charge in [0.2, 0.25) is 5.75 Å². The number of carbonyl (C=O) groups excluding carboxylic acids is 1. The Balaban J connectivity index is 0.000000538. The third kappa shape index (κ3) is 6.05. The summed E-state index contributed by atoms with van der Waals surface area (Å²) in [5, 5.41) is 16.0. The molecular formula is C25H29N3O8. The van der Waals surface area contributed by atoms with Crippen LogP contribution in [0.4, 0.5) is 0 Å². The number of carboxylic acid groups (broad SMARTS) is 2. The van der Waals surface area contributed by atoms with Crippen molar-refractivity contribution in [3.63, 3.8) is 0 Å². The zero-order valence-electron chi connectivity index (χ0n) is 20.3. The van der Waals surface area contributed by atoms with E-state index in [-0.39, 0.29) is 5.91 Å². The standard InChI is InChI=1S/C23H27N3O4.C2H2O4/c1-28-20-12-16(13-21(29-2)22(20)30-3)23(27)26-10-8-25(9-11-26)15-17-14-24-19-7-5-4-6-18(17)19;3-1(4)2(5)6/h4-7,12-14,24H,8-11,15H2,1-3H3;(H,3,4)(H,5,6). The van der Waals surface area contributed by atoms with Crippen LogP contribution in [0, 0.1) is 0 Å². The summed E-state index contributed by atoms with van der Waals surface area (Å²) in [6.45, 7) is 3.89. The van der Waals surface area contributed by atoms with Gasteiger partial charge in [-0.1, -0.05) is 18.2 Å². The molecule has 2 heterocycles. The third-order valence-electron chi connectivity index (χ3n) is 5.82. The van der Waals surface area contributed by atoms with Crippen LogP contribution < -0.4 is 14.2 Å². The van der Waals surface area contributed by atoms with Crippen molar-refractivity contribution in [2.24, 2.45) is 0 Å². The minimum atomic E-state index is -1.82. The molecule has 0 spiro atoms. The zero-order valence-corrected chi connectivity index (χ0v) is 20.3. The van der Waals surface area contributed by atoms with Gasteiger partial charge in [-0.3, -0.25) is 9.69 Å². The predicted molar refractivity (Wildman–Crippen MR) is 131 cm³/mol. The molecule has 1 amide bonds. The Labute approximate surface area is 207 Å². The molecule has 192 valence electrons. The van der Waals surface area contributed by atoms with E-state index in [1.54, 1.807) is 33.5 Å². The number of aromatic nitrogens is 1. The average Bonchev–Trinajstić information content (AvgIpc) is 3.30. The number of methoxy groups -OCH3 is 3. The molecule has 11 heteroatoms. The van der Waals surface area contributed by atoms with E-state index < -0.39 is 11.9 Å². The van der Waals surface area contributed by atoms with E-state index in [9.17, 15) is 4.79 Å². The summed E-state index contributed by atoms with van der Waals surface area (Å²) in [7, 11) is 4.65. The van der Waals surface area contributed by atoms with Gasteiger partial charge in [-0.15, -0.1) is 0 Å². The fraction of sp³-hybridized carbons (Fsp3) is 0.320. The van der Waals surface area contributed by atoms with Gasteiger partial charge in [0.25, 0.3) is 5.91 Å². The molecule has 1 aromatic heterocycles. The van der Waals surface area contributed by atoms with Gasteiger partial charge < -0.3 is 34.3 Å². The Kier molecular flexibility index (Phi) is 8.74. The summed E-state index contributed by atoms with van der Waals surface area (Å²) in [5.41, 5.74) is 2.98. The van der Waals surface area contributed by atoms with Crippen molar-refractivity contribution in [3.8, 4) is 17.2 Å². The minimum Gasteiger partial charge on any atom is -0.493 e. The molecule has 1 fully saturated rings. The maximum absolute atomic E-state index is 13.1. The number of aromatic amines is 1. The van der Waals surface area contributed by atoms with Gasteiger partial charge in [-0.05, 0) is 23.8 Å². The number of ether oxygens (including phenoxy) is 3. The molecule has 1 aliphatic rings. The summed E-state index contributed by atoms with van der Waals surface area (Å²) in [6, 6.07) is 11.8. The Bertz CT molecular complexity index is 1190. The molecular weight excluding hydrogens is 470 g/mol. The van der Waals surface area contributed by atoms with Crippen LogP contribution in [-0.2, 0) is 16.1 Å². The van der Waals surface area contributed by atoms with Crippen LogP contribution in [0.3, 0.4) is 0 Å². The number of rotatable bonds is 6. The highest BCUT2D eigenvalue weighted by Crippen LogP contribution is 2.38. The summed E-state index contributed by atoms with van der Waals surface area (Å²) in [5.74, 6) is -2.22. The highest BCUT2D eigenvalue weighted by Gasteiger charge is 2.25. The van der Waals surface area contributed by atoms with Gasteiger partial charge in [0.05, 0.1) is 21.3 Å². The van der Waals surface area contributed by atoms with Crippen molar-refractivity contribution < 1.29 is 38.8 Å². The second kappa shape index (κ2) is 11.9. The number of amides is 1. The summed E-state index contributed by atoms with van der Waals surface area (Å²) >= 11 is 0. The average molecular weight is 500 g/mol. The lowest BCUT2D eigenvalue weighted by Crippen LogP contribution is -2.48. The van der Waals surface area contributed by atoms with Crippen molar-refractivity contribution in [2.45, 2.75) is 6.54 Å². The maximum atomic E-state index is 13.1. The quantitative estimate of drug-likeness (QED) is 0.436. The predicted octanol–water partition coefficient (Wildman–Crippen LogP) is 2.31. The van der Waals surface area contributed by atoms with Crippen molar-refractivity contribution in [3.05, 3.63) is 53.7 Å². The van der Waals surface area contributed by atoms with Crippen LogP contribution in [0.25, 0.3) is 10.9 Å². The molecule has 4 rings (SSSR count). The van der Waals surface area contributed by atoms with Crippen LogP contribution in [0.5, 0.6) is 17.2 Å². The van der Waals surface area contributed by atoms with Gasteiger partial charge in [0, 0.05) is 55.4 Å². The molecule has 2 aromatic carbocycles. The molecule has 36 heavy (non-hydrogen) atoms. The second-order valence-corrected chi connectivity index (χ2v) is 7.95. The monoisotopic (exact) mass is 499 g/mol. The lowest BCUT2D eigenvalue weighted by Gasteiger charge is -2.34. The Morgan fingerprint density at radius 3 is 2.00 bits per heavy atom. The molecule has 0 atom stereocenters. The normalized spacial score (nSPS) is 13.5. The van der Waals surface area contributed by atoms with Gasteiger partial charge in [-0.25, -0.2) is 9.59 Å². The number of carbonyl (C=O) groups is 3. The number of nitrogens with one attached hydrogen (secondary N) is 1. The molecule has 1 aliphatic heterocycles. The Morgan fingerprint density at radius 2 is 1.47 bits per heavy atom. The van der Waals surface area contributed by atoms with E-state index in [2.05, 4.69) is 34.3 Å². The van der Waals surface area contributed by atoms with Gasteiger partial charge >= 0.3 is 11.9 Å². The Hall–Kier alpha value is -4.25. The number of benzene rings is 2. The van der Waals surface area contributed by atoms with Gasteiger partial charge in [0.15, 0.2) is 11.5 Å². The molecule has 0 bridgehead atoms. The van der Waals surface area contributed by atoms with Crippen LogP contribution in [-0.4, -0.2) is 90.4 Å². The van der Waals surface area contributed by atoms with Gasteiger partial charge in [-0.2, -0.15) is 0 Å². The van der Waals surface area contributed by atoms with Crippen LogP contribution in [0.2, 0.25) is 0 Å². The number of para-hydroxylation sites is 1. The minimum absolute atomic E-state index is 0.0269. The Morgan fingerprint density at radius 1 is 0.889 bits per heavy atom. The maximum Gasteiger partial charge on any atom is 0.414 e. The van der Waals surface area contributed by atoms with E-state index in [4.69, 9.17) is 34.0 Å². The number of carboxylic acids is 2. The molecule has 11 nitrogen and oxygen atoms in total. The second-order valence-electron chi connectivity index (χ2n) is 7.95. The van der Waals surface area contributed by atoms with E-state index in [1.165, 1.54) is 10.9 Å². The number of aliphatic carboxylic acids is 2. The molecule has 0 radical (unpaired) electrons. The van der Waals surface area contributed by atoms with Crippen molar-refractivity contribution in [1.82, 2.24) is 14.8 Å². The number of H-pyrrole nitrogens is 1. The smallest absolute Gasteiger partial charge is 0.414 e. The third-order valence-corrected chi connectivity index (χ3v) is 5.82. The SMILES string of the molecule is COc1cc(C(=O)N2CCN(Cc3c[nH]c4ccccc34)CC2)cc(OC)c1OC.O=C(O)C(=O)O. The topological polar surface area (TPSA) is 142 Å². The van der Waals surface area contributed by atoms with E-state index >= 15 is 0 Å². The molecule has 3 aromatic rings. The summed E-state index contributed by atoms with van der Waals surface area (Å²) in [6.07, 6.45) is 2.08. The van der Waals surface area contributed by atoms with Crippen molar-refractivity contribution >= 4 is 28.7 Å². The lowest BCUT2D eigenvalue weighted by atomic mass is 10.1. The number of piperazine rings is 1. The number of fused-ring (bicyclic) bond motifs is 1. The first-order valence-electron chi connectivity index (χ1n) is 11.1. The van der Waals surface area contributed by atoms with Crippen molar-refractivity contribution in [2.75, 3.05) is 47.5 Å². The highest BCUT2D eigenvalue weighted by atomic mass is 16.5. The summed E-state index contributed by atoms with van der Waals surface area (Å²) < 4.78 is 16.1. The largest absolute Gasteiger partial charge is 0.493 e. The fourth-order valence-corrected chi connectivity index (χ4v) is 4.00. The molecule has 0 aliphatic carbocycles. The first-order chi connectivity index (χ1) is 17.3. The first-order valence-corrected chi connectivity index (χ1v) is 11.1. The lowest BCUT2D eigenvalue weighted by molar-refractivity contribution is -0.159. The number of hydrogen-bond acceptors (Lipinski definition) is 7. The number of hydrogen-bond donors (Lipinski definition) is 3. The summed E-state index contributed by atoms with van der Waals surface area (Å²) in [4.78, 5) is 38.9. The van der Waals surface area contributed by atoms with Crippen LogP contribution >= 0.6 is 0 Å². The molecule has 0 unspecified atom stereocenters. The van der Waals surface area contributed by atoms with E-state index in [1.807, 2.05) is 11.0 Å². The van der Waals surface area contributed by atoms with Crippen LogP contribution in [0.15, 0.2) is 42.6 Å². The first kappa shape index (κ1) is 26.4. The molecule has 0 saturated carbocycles. The number of nitrogens with zero attached hydrogens (tertiary/aromatic N) is 2. The van der Waals surface area contributed by atoms with Crippen LogP contribution in [0.1, 0.15) is 15.9 Å². The fourth-order valence-electron chi connectivity index (χ4n) is 4.00. The van der Waals surface area contributed by atoms with E-state index in [0.717, 1.165) is 25.2 Å². The zero-order chi connectivity index (χ0) is 26.2. The molecule has 3 N–H and O–H groups in total. The van der Waals surface area contributed by atoms with Gasteiger partial charge in [0.1, 0.15) is 0 Å². The molecule has 1 saturated heterocycles. The van der Waals surface area contributed by atoms with E-state index in [0.29, 0.717) is 35.9 Å². The van der Waals surface area contributed by atoms with Crippen molar-refractivity contribution in [1.29, 1.82) is 0 Å².